The Morgan fingerprint density at radius 2 is 2.05 bits per heavy atom. The molecule has 3 aromatic rings. The molecule has 0 aliphatic heterocycles. The van der Waals surface area contributed by atoms with E-state index in [1.165, 1.54) is 0 Å². The molecule has 2 heterocycles. The van der Waals surface area contributed by atoms with Crippen LogP contribution < -0.4 is 5.63 Å². The first-order valence-corrected chi connectivity index (χ1v) is 6.39. The molecule has 1 aromatic carbocycles. The van der Waals surface area contributed by atoms with Gasteiger partial charge in [0.2, 0.25) is 5.71 Å². The zero-order chi connectivity index (χ0) is 14.1. The van der Waals surface area contributed by atoms with Crippen molar-refractivity contribution in [3.05, 3.63) is 58.1 Å². The maximum atomic E-state index is 11.9. The lowest BCUT2D eigenvalue weighted by atomic mass is 10.2. The summed E-state index contributed by atoms with van der Waals surface area (Å²) in [4.78, 5) is 11.9. The molecule has 5 nitrogen and oxygen atoms in total. The molecule has 0 bridgehead atoms. The Kier molecular flexibility index (Phi) is 3.12. The van der Waals surface area contributed by atoms with Gasteiger partial charge >= 0.3 is 5.63 Å². The van der Waals surface area contributed by atoms with Crippen molar-refractivity contribution < 1.29 is 9.52 Å². The highest BCUT2D eigenvalue weighted by atomic mass is 16.4. The third-order valence-corrected chi connectivity index (χ3v) is 3.21. The second-order valence-electron chi connectivity index (χ2n) is 4.58. The first-order valence-electron chi connectivity index (χ1n) is 6.39. The Hall–Kier alpha value is -2.40. The Bertz CT molecular complexity index is 803. The standard InChI is InChI=1S/C15H14N2O3/c1-10-13-9-11(7-8-18)15(19)20-14(13)17(16-10)12-5-3-2-4-6-12/h2-6,9,18H,7-8H2,1H3. The maximum Gasteiger partial charge on any atom is 0.340 e. The highest BCUT2D eigenvalue weighted by molar-refractivity contribution is 5.78. The van der Waals surface area contributed by atoms with Crippen molar-refractivity contribution in [3.8, 4) is 5.69 Å². The highest BCUT2D eigenvalue weighted by Gasteiger charge is 2.14. The number of aromatic nitrogens is 2. The van der Waals surface area contributed by atoms with Gasteiger partial charge in [-0.2, -0.15) is 9.78 Å². The van der Waals surface area contributed by atoms with Crippen molar-refractivity contribution in [3.63, 3.8) is 0 Å². The topological polar surface area (TPSA) is 68.3 Å². The summed E-state index contributed by atoms with van der Waals surface area (Å²) in [6.07, 6.45) is 0.286. The summed E-state index contributed by atoms with van der Waals surface area (Å²) in [7, 11) is 0. The molecule has 2 aromatic heterocycles. The van der Waals surface area contributed by atoms with Gasteiger partial charge in [-0.25, -0.2) is 4.79 Å². The molecule has 5 heteroatoms. The highest BCUT2D eigenvalue weighted by Crippen LogP contribution is 2.21. The van der Waals surface area contributed by atoms with Gasteiger partial charge in [0.05, 0.1) is 16.8 Å². The number of para-hydroxylation sites is 1. The van der Waals surface area contributed by atoms with Gasteiger partial charge in [0, 0.05) is 18.6 Å². The number of hydrogen-bond donors (Lipinski definition) is 1. The summed E-state index contributed by atoms with van der Waals surface area (Å²) in [5, 5.41) is 14.2. The van der Waals surface area contributed by atoms with Crippen molar-refractivity contribution in [2.75, 3.05) is 6.61 Å². The van der Waals surface area contributed by atoms with E-state index in [2.05, 4.69) is 5.10 Å². The minimum absolute atomic E-state index is 0.0812. The summed E-state index contributed by atoms with van der Waals surface area (Å²) in [6.45, 7) is 1.78. The van der Waals surface area contributed by atoms with Crippen LogP contribution in [0.1, 0.15) is 11.3 Å². The van der Waals surface area contributed by atoms with Gasteiger partial charge < -0.3 is 9.52 Å². The number of fused-ring (bicyclic) bond motifs is 1. The predicted molar refractivity (Wildman–Crippen MR) is 75.1 cm³/mol. The second kappa shape index (κ2) is 4.94. The minimum atomic E-state index is -0.427. The molecule has 0 unspecified atom stereocenters. The van der Waals surface area contributed by atoms with E-state index in [4.69, 9.17) is 9.52 Å². The number of aryl methyl sites for hydroxylation is 1. The van der Waals surface area contributed by atoms with Gasteiger partial charge in [0.1, 0.15) is 0 Å². The molecular weight excluding hydrogens is 256 g/mol. The van der Waals surface area contributed by atoms with Gasteiger partial charge in [-0.05, 0) is 25.1 Å². The van der Waals surface area contributed by atoms with Crippen molar-refractivity contribution in [1.29, 1.82) is 0 Å². The molecule has 0 aliphatic rings. The molecule has 0 spiro atoms. The molecular formula is C15H14N2O3. The normalized spacial score (nSPS) is 11.1. The largest absolute Gasteiger partial charge is 0.403 e. The van der Waals surface area contributed by atoms with Crippen LogP contribution in [0.2, 0.25) is 0 Å². The molecule has 0 saturated carbocycles. The fraction of sp³-hybridized carbons (Fsp3) is 0.200. The molecule has 20 heavy (non-hydrogen) atoms. The lowest BCUT2D eigenvalue weighted by molar-refractivity contribution is 0.297. The summed E-state index contributed by atoms with van der Waals surface area (Å²) in [5.74, 6) is 0. The quantitative estimate of drug-likeness (QED) is 0.788. The van der Waals surface area contributed by atoms with Crippen LogP contribution in [0.5, 0.6) is 0 Å². The van der Waals surface area contributed by atoms with Gasteiger partial charge in [-0.15, -0.1) is 0 Å². The van der Waals surface area contributed by atoms with Crippen LogP contribution in [0, 0.1) is 6.92 Å². The number of rotatable bonds is 3. The summed E-state index contributed by atoms with van der Waals surface area (Å²) in [6, 6.07) is 11.3. The maximum absolute atomic E-state index is 11.9. The monoisotopic (exact) mass is 270 g/mol. The molecule has 0 aliphatic carbocycles. The third-order valence-electron chi connectivity index (χ3n) is 3.21. The number of benzene rings is 1. The molecule has 0 saturated heterocycles. The fourth-order valence-electron chi connectivity index (χ4n) is 2.21. The van der Waals surface area contributed by atoms with E-state index in [-0.39, 0.29) is 13.0 Å². The van der Waals surface area contributed by atoms with Gasteiger partial charge in [0.25, 0.3) is 0 Å². The second-order valence-corrected chi connectivity index (χ2v) is 4.58. The van der Waals surface area contributed by atoms with E-state index < -0.39 is 5.63 Å². The van der Waals surface area contributed by atoms with Crippen LogP contribution in [0.25, 0.3) is 16.8 Å². The van der Waals surface area contributed by atoms with Gasteiger partial charge in [-0.3, -0.25) is 0 Å². The molecule has 0 atom stereocenters. The lowest BCUT2D eigenvalue weighted by Crippen LogP contribution is -2.09. The van der Waals surface area contributed by atoms with Crippen molar-refractivity contribution >= 4 is 11.1 Å². The van der Waals surface area contributed by atoms with E-state index in [1.807, 2.05) is 37.3 Å². The average Bonchev–Trinajstić information content (AvgIpc) is 2.77. The molecule has 0 fully saturated rings. The molecule has 1 N–H and O–H groups in total. The lowest BCUT2D eigenvalue weighted by Gasteiger charge is -2.02. The van der Waals surface area contributed by atoms with Crippen LogP contribution in [-0.4, -0.2) is 21.5 Å². The van der Waals surface area contributed by atoms with E-state index in [9.17, 15) is 4.79 Å². The van der Waals surface area contributed by atoms with Crippen LogP contribution in [0.15, 0.2) is 45.6 Å². The Balaban J connectivity index is 2.27. The van der Waals surface area contributed by atoms with Crippen molar-refractivity contribution in [2.45, 2.75) is 13.3 Å². The van der Waals surface area contributed by atoms with Crippen LogP contribution >= 0.6 is 0 Å². The zero-order valence-electron chi connectivity index (χ0n) is 11.0. The summed E-state index contributed by atoms with van der Waals surface area (Å²) in [5.41, 5.74) is 2.09. The minimum Gasteiger partial charge on any atom is -0.403 e. The van der Waals surface area contributed by atoms with Gasteiger partial charge in [-0.1, -0.05) is 18.2 Å². The Labute approximate surface area is 115 Å². The number of aliphatic hydroxyl groups is 1. The van der Waals surface area contributed by atoms with E-state index in [0.29, 0.717) is 11.3 Å². The first kappa shape index (κ1) is 12.6. The molecule has 0 amide bonds. The molecule has 102 valence electrons. The smallest absolute Gasteiger partial charge is 0.340 e. The van der Waals surface area contributed by atoms with E-state index in [1.54, 1.807) is 10.7 Å². The SMILES string of the molecule is Cc1nn(-c2ccccc2)c2oc(=O)c(CCO)cc12. The number of aliphatic hydroxyl groups excluding tert-OH is 1. The Morgan fingerprint density at radius 3 is 2.75 bits per heavy atom. The fourth-order valence-corrected chi connectivity index (χ4v) is 2.21. The van der Waals surface area contributed by atoms with Crippen LogP contribution in [0.4, 0.5) is 0 Å². The number of hydrogen-bond acceptors (Lipinski definition) is 4. The van der Waals surface area contributed by atoms with Crippen molar-refractivity contribution in [1.82, 2.24) is 9.78 Å². The third kappa shape index (κ3) is 2.02. The first-order chi connectivity index (χ1) is 9.70. The summed E-state index contributed by atoms with van der Waals surface area (Å²) < 4.78 is 7.01. The van der Waals surface area contributed by atoms with E-state index >= 15 is 0 Å². The van der Waals surface area contributed by atoms with Gasteiger partial charge in [0.15, 0.2) is 0 Å². The van der Waals surface area contributed by atoms with Crippen molar-refractivity contribution in [2.24, 2.45) is 0 Å². The number of nitrogens with zero attached hydrogens (tertiary/aromatic N) is 2. The van der Waals surface area contributed by atoms with E-state index in [0.717, 1.165) is 16.8 Å². The molecule has 3 rings (SSSR count). The predicted octanol–water partition coefficient (Wildman–Crippen LogP) is 1.82. The zero-order valence-corrected chi connectivity index (χ0v) is 11.0. The summed E-state index contributed by atoms with van der Waals surface area (Å²) >= 11 is 0. The average molecular weight is 270 g/mol. The van der Waals surface area contributed by atoms with Crippen LogP contribution in [0.3, 0.4) is 0 Å². The molecule has 0 radical (unpaired) electrons. The Morgan fingerprint density at radius 1 is 1.30 bits per heavy atom. The van der Waals surface area contributed by atoms with Crippen LogP contribution in [-0.2, 0) is 6.42 Å².